The third-order valence-electron chi connectivity index (χ3n) is 3.98. The zero-order valence-electron chi connectivity index (χ0n) is 14.3. The van der Waals surface area contributed by atoms with Gasteiger partial charge in [0.15, 0.2) is 5.82 Å². The molecule has 0 radical (unpaired) electrons. The van der Waals surface area contributed by atoms with E-state index in [1.807, 2.05) is 25.1 Å². The molecule has 1 aromatic carbocycles. The van der Waals surface area contributed by atoms with Crippen molar-refractivity contribution in [2.75, 3.05) is 5.32 Å². The van der Waals surface area contributed by atoms with Crippen LogP contribution in [-0.4, -0.2) is 20.7 Å². The molecule has 0 saturated heterocycles. The standard InChI is InChI=1S/C18H14F3IN4O/c1-10-7-13(22)4-5-15(10)25-17(27)14-9-24-26(11(14)2)16-6-3-12(8-23-16)18(19,20)21/h3-9H,1-2H3,(H,25,27). The molecule has 0 bridgehead atoms. The number of amides is 1. The zero-order valence-corrected chi connectivity index (χ0v) is 16.5. The number of aromatic nitrogens is 3. The van der Waals surface area contributed by atoms with Crippen molar-refractivity contribution in [3.8, 4) is 5.82 Å². The van der Waals surface area contributed by atoms with Crippen molar-refractivity contribution in [1.82, 2.24) is 14.8 Å². The molecule has 0 fully saturated rings. The maximum atomic E-state index is 12.7. The molecule has 0 atom stereocenters. The summed E-state index contributed by atoms with van der Waals surface area (Å²) in [5, 5.41) is 6.91. The summed E-state index contributed by atoms with van der Waals surface area (Å²) in [5.74, 6) is -0.153. The molecule has 0 spiro atoms. The molecule has 140 valence electrons. The normalized spacial score (nSPS) is 11.5. The van der Waals surface area contributed by atoms with Crippen molar-refractivity contribution in [1.29, 1.82) is 0 Å². The van der Waals surface area contributed by atoms with Crippen LogP contribution in [0.25, 0.3) is 5.82 Å². The first-order valence-corrected chi connectivity index (χ1v) is 8.90. The van der Waals surface area contributed by atoms with Crippen molar-refractivity contribution < 1.29 is 18.0 Å². The molecule has 1 N–H and O–H groups in total. The maximum absolute atomic E-state index is 12.7. The summed E-state index contributed by atoms with van der Waals surface area (Å²) in [6, 6.07) is 7.78. The number of anilines is 1. The molecule has 0 saturated carbocycles. The van der Waals surface area contributed by atoms with Gasteiger partial charge in [-0.05, 0) is 72.3 Å². The molecule has 0 aliphatic rings. The maximum Gasteiger partial charge on any atom is 0.417 e. The lowest BCUT2D eigenvalue weighted by molar-refractivity contribution is -0.137. The molecular weight excluding hydrogens is 472 g/mol. The summed E-state index contributed by atoms with van der Waals surface area (Å²) in [4.78, 5) is 16.4. The van der Waals surface area contributed by atoms with Crippen LogP contribution < -0.4 is 5.32 Å². The van der Waals surface area contributed by atoms with Gasteiger partial charge in [0.1, 0.15) is 0 Å². The van der Waals surface area contributed by atoms with Gasteiger partial charge in [-0.3, -0.25) is 4.79 Å². The highest BCUT2D eigenvalue weighted by Gasteiger charge is 2.30. The fraction of sp³-hybridized carbons (Fsp3) is 0.167. The van der Waals surface area contributed by atoms with Gasteiger partial charge in [0.2, 0.25) is 0 Å². The van der Waals surface area contributed by atoms with E-state index in [0.29, 0.717) is 16.9 Å². The van der Waals surface area contributed by atoms with Crippen molar-refractivity contribution in [3.63, 3.8) is 0 Å². The number of benzene rings is 1. The van der Waals surface area contributed by atoms with Gasteiger partial charge in [-0.1, -0.05) is 0 Å². The molecule has 0 aliphatic heterocycles. The van der Waals surface area contributed by atoms with E-state index in [1.54, 1.807) is 6.92 Å². The summed E-state index contributed by atoms with van der Waals surface area (Å²) in [6.45, 7) is 3.54. The van der Waals surface area contributed by atoms with Gasteiger partial charge in [-0.2, -0.15) is 18.3 Å². The fourth-order valence-corrected chi connectivity index (χ4v) is 3.15. The smallest absolute Gasteiger partial charge is 0.322 e. The lowest BCUT2D eigenvalue weighted by Gasteiger charge is -2.09. The van der Waals surface area contributed by atoms with E-state index in [4.69, 9.17) is 0 Å². The Bertz CT molecular complexity index is 997. The minimum atomic E-state index is -4.46. The lowest BCUT2D eigenvalue weighted by atomic mass is 10.2. The van der Waals surface area contributed by atoms with Crippen molar-refractivity contribution >= 4 is 34.2 Å². The van der Waals surface area contributed by atoms with Gasteiger partial charge in [-0.25, -0.2) is 9.67 Å². The number of rotatable bonds is 3. The number of hydrogen-bond donors (Lipinski definition) is 1. The number of aryl methyl sites for hydroxylation is 1. The molecule has 5 nitrogen and oxygen atoms in total. The monoisotopic (exact) mass is 486 g/mol. The Balaban J connectivity index is 1.85. The first kappa shape index (κ1) is 19.3. The summed E-state index contributed by atoms with van der Waals surface area (Å²) in [7, 11) is 0. The van der Waals surface area contributed by atoms with Crippen molar-refractivity contribution in [2.24, 2.45) is 0 Å². The summed E-state index contributed by atoms with van der Waals surface area (Å²) in [6.07, 6.45) is -2.35. The van der Waals surface area contributed by atoms with Crippen LogP contribution in [0.5, 0.6) is 0 Å². The number of nitrogens with zero attached hydrogens (tertiary/aromatic N) is 3. The van der Waals surface area contributed by atoms with Crippen molar-refractivity contribution in [2.45, 2.75) is 20.0 Å². The summed E-state index contributed by atoms with van der Waals surface area (Å²) < 4.78 is 40.4. The van der Waals surface area contributed by atoms with Gasteiger partial charge in [0, 0.05) is 15.5 Å². The molecule has 1 amide bonds. The number of carbonyl (C=O) groups is 1. The van der Waals surface area contributed by atoms with Crippen LogP contribution in [0.4, 0.5) is 18.9 Å². The van der Waals surface area contributed by atoms with E-state index in [0.717, 1.165) is 21.4 Å². The minimum Gasteiger partial charge on any atom is -0.322 e. The molecule has 0 unspecified atom stereocenters. The Morgan fingerprint density at radius 1 is 1.15 bits per heavy atom. The highest BCUT2D eigenvalue weighted by Crippen LogP contribution is 2.29. The Kier molecular flexibility index (Phi) is 5.22. The van der Waals surface area contributed by atoms with E-state index < -0.39 is 11.7 Å². The van der Waals surface area contributed by atoms with Crippen LogP contribution >= 0.6 is 22.6 Å². The van der Waals surface area contributed by atoms with E-state index in [1.165, 1.54) is 16.9 Å². The summed E-state index contributed by atoms with van der Waals surface area (Å²) in [5.41, 5.74) is 1.55. The second kappa shape index (κ2) is 7.29. The van der Waals surface area contributed by atoms with E-state index >= 15 is 0 Å². The number of halogens is 4. The molecule has 27 heavy (non-hydrogen) atoms. The molecule has 0 aliphatic carbocycles. The summed E-state index contributed by atoms with van der Waals surface area (Å²) >= 11 is 2.19. The fourth-order valence-electron chi connectivity index (χ4n) is 2.50. The van der Waals surface area contributed by atoms with E-state index in [2.05, 4.69) is 38.0 Å². The average molecular weight is 486 g/mol. The molecule has 2 heterocycles. The highest BCUT2D eigenvalue weighted by molar-refractivity contribution is 14.1. The second-order valence-corrected chi connectivity index (χ2v) is 7.12. The van der Waals surface area contributed by atoms with Crippen molar-refractivity contribution in [3.05, 3.63) is 68.7 Å². The van der Waals surface area contributed by atoms with Gasteiger partial charge in [0.05, 0.1) is 23.0 Å². The Hall–Kier alpha value is -2.43. The van der Waals surface area contributed by atoms with Crippen LogP contribution in [0, 0.1) is 17.4 Å². The number of nitrogens with one attached hydrogen (secondary N) is 1. The second-order valence-electron chi connectivity index (χ2n) is 5.87. The third-order valence-corrected chi connectivity index (χ3v) is 4.65. The predicted octanol–water partition coefficient (Wildman–Crippen LogP) is 4.76. The van der Waals surface area contributed by atoms with E-state index in [9.17, 15) is 18.0 Å². The first-order valence-electron chi connectivity index (χ1n) is 7.82. The van der Waals surface area contributed by atoms with Gasteiger partial charge in [-0.15, -0.1) is 0 Å². The van der Waals surface area contributed by atoms with Crippen LogP contribution in [-0.2, 0) is 6.18 Å². The van der Waals surface area contributed by atoms with Crippen LogP contribution in [0.15, 0.2) is 42.7 Å². The molecule has 9 heteroatoms. The molecule has 3 rings (SSSR count). The molecule has 3 aromatic rings. The van der Waals surface area contributed by atoms with Gasteiger partial charge >= 0.3 is 6.18 Å². The van der Waals surface area contributed by atoms with Gasteiger partial charge in [0.25, 0.3) is 5.91 Å². The Morgan fingerprint density at radius 3 is 2.48 bits per heavy atom. The highest BCUT2D eigenvalue weighted by atomic mass is 127. The third kappa shape index (κ3) is 4.12. The molecular formula is C18H14F3IN4O. The minimum absolute atomic E-state index is 0.199. The van der Waals surface area contributed by atoms with E-state index in [-0.39, 0.29) is 11.7 Å². The Labute approximate surface area is 166 Å². The lowest BCUT2D eigenvalue weighted by Crippen LogP contribution is -2.14. The topological polar surface area (TPSA) is 59.8 Å². The SMILES string of the molecule is Cc1cc(I)ccc1NC(=O)c1cnn(-c2ccc(C(F)(F)F)cn2)c1C. The molecule has 2 aromatic heterocycles. The number of alkyl halides is 3. The van der Waals surface area contributed by atoms with Crippen LogP contribution in [0.1, 0.15) is 27.2 Å². The quantitative estimate of drug-likeness (QED) is 0.544. The van der Waals surface area contributed by atoms with Gasteiger partial charge < -0.3 is 5.32 Å². The van der Waals surface area contributed by atoms with Crippen LogP contribution in [0.2, 0.25) is 0 Å². The predicted molar refractivity (Wildman–Crippen MR) is 103 cm³/mol. The Morgan fingerprint density at radius 2 is 1.89 bits per heavy atom. The number of carbonyl (C=O) groups excluding carboxylic acids is 1. The average Bonchev–Trinajstić information content (AvgIpc) is 2.98. The first-order chi connectivity index (χ1) is 12.7. The zero-order chi connectivity index (χ0) is 19.8. The largest absolute Gasteiger partial charge is 0.417 e. The van der Waals surface area contributed by atoms with Crippen LogP contribution in [0.3, 0.4) is 0 Å². The number of pyridine rings is 1. The number of hydrogen-bond acceptors (Lipinski definition) is 3.